The van der Waals surface area contributed by atoms with Crippen LogP contribution in [0.4, 0.5) is 5.69 Å². The number of methoxy groups -OCH3 is 3. The molecule has 1 amide bonds. The summed E-state index contributed by atoms with van der Waals surface area (Å²) in [7, 11) is 4.79. The first-order valence-electron chi connectivity index (χ1n) is 8.82. The van der Waals surface area contributed by atoms with Gasteiger partial charge in [-0.15, -0.1) is 0 Å². The fourth-order valence-corrected chi connectivity index (χ4v) is 3.89. The maximum atomic E-state index is 13.0. The predicted molar refractivity (Wildman–Crippen MR) is 117 cm³/mol. The second kappa shape index (κ2) is 9.82. The molecule has 29 heavy (non-hydrogen) atoms. The molecule has 0 atom stereocenters. The lowest BCUT2D eigenvalue weighted by Crippen LogP contribution is -2.32. The van der Waals surface area contributed by atoms with Gasteiger partial charge in [0.1, 0.15) is 11.5 Å². The Morgan fingerprint density at radius 3 is 2.52 bits per heavy atom. The van der Waals surface area contributed by atoms with Gasteiger partial charge in [-0.1, -0.05) is 11.6 Å². The fraction of sp³-hybridized carbons (Fsp3) is 0.238. The molecular formula is C21H21ClN2O4S. The van der Waals surface area contributed by atoms with Crippen molar-refractivity contribution in [3.05, 3.63) is 58.0 Å². The first-order chi connectivity index (χ1) is 14.0. The molecule has 0 spiro atoms. The smallest absolute Gasteiger partial charge is 0.266 e. The van der Waals surface area contributed by atoms with E-state index >= 15 is 0 Å². The Hall–Kier alpha value is -2.48. The van der Waals surface area contributed by atoms with Crippen LogP contribution in [0.5, 0.6) is 11.5 Å². The summed E-state index contributed by atoms with van der Waals surface area (Å²) in [6, 6.07) is 12.6. The van der Waals surface area contributed by atoms with Crippen LogP contribution >= 0.6 is 23.4 Å². The Balaban J connectivity index is 1.95. The van der Waals surface area contributed by atoms with Crippen molar-refractivity contribution >= 4 is 46.2 Å². The van der Waals surface area contributed by atoms with E-state index in [1.807, 2.05) is 24.3 Å². The van der Waals surface area contributed by atoms with Crippen LogP contribution in [-0.2, 0) is 9.53 Å². The van der Waals surface area contributed by atoms with Crippen molar-refractivity contribution in [1.29, 1.82) is 0 Å². The number of amides is 1. The Morgan fingerprint density at radius 1 is 1.10 bits per heavy atom. The van der Waals surface area contributed by atoms with E-state index in [1.54, 1.807) is 50.5 Å². The van der Waals surface area contributed by atoms with Crippen molar-refractivity contribution in [2.75, 3.05) is 34.5 Å². The van der Waals surface area contributed by atoms with Crippen molar-refractivity contribution in [2.24, 2.45) is 4.99 Å². The van der Waals surface area contributed by atoms with Gasteiger partial charge < -0.3 is 14.2 Å². The third-order valence-electron chi connectivity index (χ3n) is 4.18. The molecule has 0 bridgehead atoms. The van der Waals surface area contributed by atoms with Gasteiger partial charge in [-0.2, -0.15) is 0 Å². The highest BCUT2D eigenvalue weighted by Gasteiger charge is 2.33. The average Bonchev–Trinajstić information content (AvgIpc) is 3.01. The van der Waals surface area contributed by atoms with E-state index in [9.17, 15) is 4.79 Å². The summed E-state index contributed by atoms with van der Waals surface area (Å²) in [6.07, 6.45) is 1.77. The van der Waals surface area contributed by atoms with Crippen molar-refractivity contribution in [3.8, 4) is 11.5 Å². The Bertz CT molecular complexity index is 944. The van der Waals surface area contributed by atoms with E-state index in [-0.39, 0.29) is 5.91 Å². The van der Waals surface area contributed by atoms with E-state index in [0.29, 0.717) is 34.0 Å². The number of aliphatic imine (C=N–C) groups is 1. The number of thioether (sulfide) groups is 1. The zero-order chi connectivity index (χ0) is 20.8. The van der Waals surface area contributed by atoms with Gasteiger partial charge in [0.05, 0.1) is 38.0 Å². The Morgan fingerprint density at radius 2 is 1.86 bits per heavy atom. The van der Waals surface area contributed by atoms with E-state index in [4.69, 9.17) is 25.8 Å². The number of benzene rings is 2. The molecule has 1 saturated heterocycles. The molecule has 0 radical (unpaired) electrons. The van der Waals surface area contributed by atoms with Crippen LogP contribution in [-0.4, -0.2) is 50.5 Å². The molecule has 0 saturated carbocycles. The molecule has 8 heteroatoms. The first kappa shape index (κ1) is 21.2. The summed E-state index contributed by atoms with van der Waals surface area (Å²) in [5.41, 5.74) is 1.46. The number of halogens is 1. The highest BCUT2D eigenvalue weighted by molar-refractivity contribution is 8.18. The summed E-state index contributed by atoms with van der Waals surface area (Å²) < 4.78 is 15.7. The standard InChI is InChI=1S/C21H21ClN2O4S/c1-26-11-10-24-20(25)19(13-14-12-15(22)4-9-18(14)28-3)29-21(24)23-16-5-7-17(27-2)8-6-16/h4-9,12-13H,10-11H2,1-3H3. The number of rotatable bonds is 7. The van der Waals surface area contributed by atoms with Crippen LogP contribution in [0.1, 0.15) is 5.56 Å². The molecule has 1 heterocycles. The molecule has 3 rings (SSSR count). The molecule has 1 aliphatic heterocycles. The molecule has 0 unspecified atom stereocenters. The monoisotopic (exact) mass is 432 g/mol. The second-order valence-corrected chi connectivity index (χ2v) is 7.48. The molecule has 152 valence electrons. The summed E-state index contributed by atoms with van der Waals surface area (Å²) in [5, 5.41) is 1.15. The maximum absolute atomic E-state index is 13.0. The minimum absolute atomic E-state index is 0.138. The highest BCUT2D eigenvalue weighted by atomic mass is 35.5. The molecule has 2 aromatic rings. The van der Waals surface area contributed by atoms with Gasteiger partial charge in [0, 0.05) is 17.7 Å². The second-order valence-electron chi connectivity index (χ2n) is 6.04. The van der Waals surface area contributed by atoms with E-state index in [0.717, 1.165) is 17.0 Å². The van der Waals surface area contributed by atoms with Crippen molar-refractivity contribution in [1.82, 2.24) is 4.90 Å². The number of carbonyl (C=O) groups is 1. The molecular weight excluding hydrogens is 412 g/mol. The number of carbonyl (C=O) groups excluding carboxylic acids is 1. The van der Waals surface area contributed by atoms with Crippen molar-refractivity contribution in [2.45, 2.75) is 0 Å². The largest absolute Gasteiger partial charge is 0.497 e. The minimum atomic E-state index is -0.138. The van der Waals surface area contributed by atoms with Crippen LogP contribution < -0.4 is 9.47 Å². The summed E-state index contributed by atoms with van der Waals surface area (Å²) in [5.74, 6) is 1.25. The van der Waals surface area contributed by atoms with Crippen LogP contribution in [0.2, 0.25) is 5.02 Å². The van der Waals surface area contributed by atoms with E-state index in [1.165, 1.54) is 11.8 Å². The number of hydrogen-bond donors (Lipinski definition) is 0. The maximum Gasteiger partial charge on any atom is 0.266 e. The molecule has 1 aliphatic rings. The van der Waals surface area contributed by atoms with Gasteiger partial charge in [0.15, 0.2) is 5.17 Å². The third-order valence-corrected chi connectivity index (χ3v) is 5.42. The lowest BCUT2D eigenvalue weighted by molar-refractivity contribution is -0.122. The third kappa shape index (κ3) is 5.12. The number of amidine groups is 1. The average molecular weight is 433 g/mol. The number of hydrogen-bond acceptors (Lipinski definition) is 6. The van der Waals surface area contributed by atoms with Crippen LogP contribution in [0.15, 0.2) is 52.4 Å². The predicted octanol–water partition coefficient (Wildman–Crippen LogP) is 4.61. The zero-order valence-corrected chi connectivity index (χ0v) is 17.9. The van der Waals surface area contributed by atoms with Gasteiger partial charge >= 0.3 is 0 Å². The van der Waals surface area contributed by atoms with Gasteiger partial charge in [-0.25, -0.2) is 4.99 Å². The summed E-state index contributed by atoms with van der Waals surface area (Å²) >= 11 is 7.42. The van der Waals surface area contributed by atoms with Crippen molar-refractivity contribution in [3.63, 3.8) is 0 Å². The van der Waals surface area contributed by atoms with Gasteiger partial charge in [-0.3, -0.25) is 9.69 Å². The Labute approximate surface area is 179 Å². The first-order valence-corrected chi connectivity index (χ1v) is 10.0. The lowest BCUT2D eigenvalue weighted by Gasteiger charge is -2.14. The molecule has 0 aliphatic carbocycles. The number of ether oxygens (including phenoxy) is 3. The van der Waals surface area contributed by atoms with E-state index in [2.05, 4.69) is 4.99 Å². The summed E-state index contributed by atoms with van der Waals surface area (Å²) in [4.78, 5) is 19.8. The van der Waals surface area contributed by atoms with Crippen LogP contribution in [0, 0.1) is 0 Å². The minimum Gasteiger partial charge on any atom is -0.497 e. The molecule has 0 N–H and O–H groups in total. The normalized spacial score (nSPS) is 16.7. The molecule has 1 fully saturated rings. The number of nitrogens with zero attached hydrogens (tertiary/aromatic N) is 2. The van der Waals surface area contributed by atoms with E-state index < -0.39 is 0 Å². The summed E-state index contributed by atoms with van der Waals surface area (Å²) in [6.45, 7) is 0.809. The zero-order valence-electron chi connectivity index (χ0n) is 16.3. The van der Waals surface area contributed by atoms with Crippen molar-refractivity contribution < 1.29 is 19.0 Å². The molecule has 0 aromatic heterocycles. The van der Waals surface area contributed by atoms with Crippen LogP contribution in [0.3, 0.4) is 0 Å². The van der Waals surface area contributed by atoms with Gasteiger partial charge in [0.25, 0.3) is 5.91 Å². The Kier molecular flexibility index (Phi) is 7.19. The quantitative estimate of drug-likeness (QED) is 0.598. The van der Waals surface area contributed by atoms with Gasteiger partial charge in [-0.05, 0) is 60.3 Å². The lowest BCUT2D eigenvalue weighted by atomic mass is 10.2. The van der Waals surface area contributed by atoms with Crippen LogP contribution in [0.25, 0.3) is 6.08 Å². The topological polar surface area (TPSA) is 60.4 Å². The fourth-order valence-electron chi connectivity index (χ4n) is 2.70. The molecule has 6 nitrogen and oxygen atoms in total. The SMILES string of the molecule is COCCN1C(=O)C(=Cc2cc(Cl)ccc2OC)SC1=Nc1ccc(OC)cc1. The molecule has 2 aromatic carbocycles. The highest BCUT2D eigenvalue weighted by Crippen LogP contribution is 2.36. The van der Waals surface area contributed by atoms with Gasteiger partial charge in [0.2, 0.25) is 0 Å².